The van der Waals surface area contributed by atoms with Gasteiger partial charge in [0.25, 0.3) is 0 Å². The molecule has 3 heterocycles. The Balaban J connectivity index is 1.35. The molecule has 3 aromatic carbocycles. The minimum absolute atomic E-state index is 0.160. The van der Waals surface area contributed by atoms with Crippen molar-refractivity contribution in [3.05, 3.63) is 86.4 Å². The van der Waals surface area contributed by atoms with E-state index in [2.05, 4.69) is 100 Å². The molecule has 0 spiro atoms. The molecule has 4 unspecified atom stereocenters. The fourth-order valence-corrected chi connectivity index (χ4v) is 8.36. The normalized spacial score (nSPS) is 23.2. The predicted octanol–water partition coefficient (Wildman–Crippen LogP) is 8.41. The Morgan fingerprint density at radius 2 is 1.58 bits per heavy atom. The first kappa shape index (κ1) is 30.4. The molecule has 1 saturated heterocycles. The van der Waals surface area contributed by atoms with E-state index >= 15 is 0 Å². The summed E-state index contributed by atoms with van der Waals surface area (Å²) in [5.41, 5.74) is 9.60. The number of ether oxygens (including phenoxy) is 2. The smallest absolute Gasteiger partial charge is 0.173 e. The number of aryl methyl sites for hydroxylation is 2. The maximum atomic E-state index is 6.14. The number of rotatable bonds is 6. The van der Waals surface area contributed by atoms with Crippen molar-refractivity contribution in [2.75, 3.05) is 39.2 Å². The number of methoxy groups -OCH3 is 2. The van der Waals surface area contributed by atoms with Gasteiger partial charge in [0.15, 0.2) is 16.6 Å². The fraction of sp³-hybridized carbons (Fsp3) is 0.472. The van der Waals surface area contributed by atoms with Crippen LogP contribution in [-0.2, 0) is 12.8 Å². The van der Waals surface area contributed by atoms with E-state index < -0.39 is 0 Å². The molecule has 4 atom stereocenters. The molecule has 5 nitrogen and oxygen atoms in total. The van der Waals surface area contributed by atoms with Crippen LogP contribution in [0, 0.1) is 25.7 Å². The molecule has 0 radical (unpaired) electrons. The zero-order chi connectivity index (χ0) is 30.2. The van der Waals surface area contributed by atoms with Crippen LogP contribution in [0.2, 0.25) is 0 Å². The highest BCUT2D eigenvalue weighted by Gasteiger charge is 2.41. The highest BCUT2D eigenvalue weighted by molar-refractivity contribution is 9.10. The molecule has 0 aliphatic carbocycles. The summed E-state index contributed by atoms with van der Waals surface area (Å²) in [6, 6.07) is 18.2. The maximum Gasteiger partial charge on any atom is 0.173 e. The van der Waals surface area contributed by atoms with Crippen LogP contribution in [0.5, 0.6) is 11.5 Å². The van der Waals surface area contributed by atoms with Gasteiger partial charge < -0.3 is 19.7 Å². The second-order valence-electron chi connectivity index (χ2n) is 12.6. The van der Waals surface area contributed by atoms with E-state index in [1.54, 1.807) is 25.3 Å². The highest BCUT2D eigenvalue weighted by atomic mass is 79.9. The van der Waals surface area contributed by atoms with Crippen LogP contribution in [0.4, 0.5) is 5.69 Å². The molecule has 3 aliphatic heterocycles. The molecule has 0 amide bonds. The van der Waals surface area contributed by atoms with Gasteiger partial charge in [0, 0.05) is 35.8 Å². The molecular weight excluding hydrogens is 618 g/mol. The van der Waals surface area contributed by atoms with Crippen LogP contribution < -0.4 is 14.8 Å². The van der Waals surface area contributed by atoms with Gasteiger partial charge in [-0.25, -0.2) is 0 Å². The lowest BCUT2D eigenvalue weighted by Gasteiger charge is -2.49. The third kappa shape index (κ3) is 6.05. The quantitative estimate of drug-likeness (QED) is 0.267. The van der Waals surface area contributed by atoms with Crippen LogP contribution >= 0.6 is 28.1 Å². The Morgan fingerprint density at radius 1 is 0.907 bits per heavy atom. The minimum Gasteiger partial charge on any atom is -0.493 e. The number of anilines is 1. The first-order chi connectivity index (χ1) is 20.8. The van der Waals surface area contributed by atoms with E-state index in [9.17, 15) is 0 Å². The maximum absolute atomic E-state index is 6.14. The zero-order valence-electron chi connectivity index (χ0n) is 26.1. The van der Waals surface area contributed by atoms with Gasteiger partial charge in [0.05, 0.1) is 20.3 Å². The fourth-order valence-electron chi connectivity index (χ4n) is 7.76. The SMILES string of the molecule is CCC1CN2CCc3cc(C)c(C)cc3C2CC1CC1c2cc(OC)c(OC)cc2CCN1C(=S)Nc1ccc(Br)cc1. The number of thiocarbonyl (C=S) groups is 1. The molecule has 1 fully saturated rings. The van der Waals surface area contributed by atoms with Gasteiger partial charge >= 0.3 is 0 Å². The van der Waals surface area contributed by atoms with E-state index in [1.807, 2.05) is 0 Å². The van der Waals surface area contributed by atoms with Gasteiger partial charge in [-0.2, -0.15) is 0 Å². The Kier molecular flexibility index (Phi) is 9.04. The molecule has 7 heteroatoms. The van der Waals surface area contributed by atoms with Crippen molar-refractivity contribution in [3.8, 4) is 11.5 Å². The lowest BCUT2D eigenvalue weighted by molar-refractivity contribution is 0.0380. The van der Waals surface area contributed by atoms with Gasteiger partial charge in [-0.15, -0.1) is 0 Å². The molecule has 0 saturated carbocycles. The summed E-state index contributed by atoms with van der Waals surface area (Å²) >= 11 is 9.69. The molecule has 1 N–H and O–H groups in total. The summed E-state index contributed by atoms with van der Waals surface area (Å²) in [5, 5.41) is 4.34. The number of halogens is 1. The lowest BCUT2D eigenvalue weighted by atomic mass is 9.72. The van der Waals surface area contributed by atoms with E-state index in [0.29, 0.717) is 17.9 Å². The van der Waals surface area contributed by atoms with E-state index in [-0.39, 0.29) is 6.04 Å². The average Bonchev–Trinajstić information content (AvgIpc) is 3.01. The molecule has 43 heavy (non-hydrogen) atoms. The van der Waals surface area contributed by atoms with Crippen molar-refractivity contribution < 1.29 is 9.47 Å². The van der Waals surface area contributed by atoms with E-state index in [4.69, 9.17) is 21.7 Å². The predicted molar refractivity (Wildman–Crippen MR) is 183 cm³/mol. The zero-order valence-corrected chi connectivity index (χ0v) is 28.5. The van der Waals surface area contributed by atoms with Crippen molar-refractivity contribution >= 4 is 38.9 Å². The van der Waals surface area contributed by atoms with Crippen LogP contribution in [-0.4, -0.2) is 48.8 Å². The van der Waals surface area contributed by atoms with E-state index in [1.165, 1.54) is 48.2 Å². The Bertz CT molecular complexity index is 1490. The number of hydrogen-bond donors (Lipinski definition) is 1. The van der Waals surface area contributed by atoms with Crippen molar-refractivity contribution in [2.45, 2.75) is 65.0 Å². The number of fused-ring (bicyclic) bond motifs is 4. The largest absolute Gasteiger partial charge is 0.493 e. The number of hydrogen-bond acceptors (Lipinski definition) is 4. The molecule has 3 aliphatic rings. The molecule has 0 aromatic heterocycles. The van der Waals surface area contributed by atoms with Gasteiger partial charge in [-0.1, -0.05) is 41.4 Å². The summed E-state index contributed by atoms with van der Waals surface area (Å²) in [6.45, 7) is 10.1. The van der Waals surface area contributed by atoms with Crippen LogP contribution in [0.15, 0.2) is 53.0 Å². The third-order valence-electron chi connectivity index (χ3n) is 10.3. The number of piperidine rings is 1. The Hall–Kier alpha value is -2.61. The molecular formula is C36H44BrN3O2S. The van der Waals surface area contributed by atoms with Crippen LogP contribution in [0.3, 0.4) is 0 Å². The van der Waals surface area contributed by atoms with Crippen molar-refractivity contribution in [3.63, 3.8) is 0 Å². The standard InChI is InChI=1S/C36H44BrN3O2S/c1-6-24-21-39-13-11-25-15-22(2)23(3)16-30(25)32(39)17-27(24)18-33-31-20-35(42-5)34(41-4)19-26(31)12-14-40(33)36(43)38-29-9-7-28(37)8-10-29/h7-10,15-16,19-20,24,27,32-33H,6,11-14,17-18,21H2,1-5H3,(H,38,43). The number of nitrogens with zero attached hydrogens (tertiary/aromatic N) is 2. The Morgan fingerprint density at radius 3 is 2.30 bits per heavy atom. The first-order valence-electron chi connectivity index (χ1n) is 15.7. The molecule has 3 aromatic rings. The lowest BCUT2D eigenvalue weighted by Crippen LogP contribution is -2.48. The topological polar surface area (TPSA) is 37.0 Å². The summed E-state index contributed by atoms with van der Waals surface area (Å²) in [5.74, 6) is 2.83. The van der Waals surface area contributed by atoms with Crippen molar-refractivity contribution in [1.82, 2.24) is 9.80 Å². The second-order valence-corrected chi connectivity index (χ2v) is 13.9. The number of benzene rings is 3. The monoisotopic (exact) mass is 661 g/mol. The van der Waals surface area contributed by atoms with Crippen molar-refractivity contribution in [1.29, 1.82) is 0 Å². The van der Waals surface area contributed by atoms with Gasteiger partial charge in [0.1, 0.15) is 0 Å². The van der Waals surface area contributed by atoms with Crippen LogP contribution in [0.1, 0.15) is 71.7 Å². The van der Waals surface area contributed by atoms with E-state index in [0.717, 1.165) is 52.6 Å². The molecule has 0 bridgehead atoms. The third-order valence-corrected chi connectivity index (χ3v) is 11.2. The average molecular weight is 663 g/mol. The first-order valence-corrected chi connectivity index (χ1v) is 16.9. The van der Waals surface area contributed by atoms with Gasteiger partial charge in [0.2, 0.25) is 0 Å². The minimum atomic E-state index is 0.160. The van der Waals surface area contributed by atoms with Gasteiger partial charge in [-0.05, 0) is 133 Å². The summed E-state index contributed by atoms with van der Waals surface area (Å²) in [6.07, 6.45) is 5.52. The van der Waals surface area contributed by atoms with Gasteiger partial charge in [-0.3, -0.25) is 4.90 Å². The highest BCUT2D eigenvalue weighted by Crippen LogP contribution is 2.48. The summed E-state index contributed by atoms with van der Waals surface area (Å²) in [7, 11) is 3.45. The van der Waals surface area contributed by atoms with Crippen LogP contribution in [0.25, 0.3) is 0 Å². The second kappa shape index (κ2) is 12.8. The Labute approximate surface area is 271 Å². The summed E-state index contributed by atoms with van der Waals surface area (Å²) < 4.78 is 12.6. The summed E-state index contributed by atoms with van der Waals surface area (Å²) in [4.78, 5) is 5.22. The molecule has 6 rings (SSSR count). The van der Waals surface area contributed by atoms with Crippen molar-refractivity contribution in [2.24, 2.45) is 11.8 Å². The molecule has 228 valence electrons. The number of nitrogens with one attached hydrogen (secondary N) is 1.